The van der Waals surface area contributed by atoms with Gasteiger partial charge in [0.05, 0.1) is 6.20 Å². The summed E-state index contributed by atoms with van der Waals surface area (Å²) in [5.74, 6) is 0.635. The molecule has 0 unspecified atom stereocenters. The first kappa shape index (κ1) is 9.86. The van der Waals surface area contributed by atoms with Crippen LogP contribution in [0.25, 0.3) is 0 Å². The van der Waals surface area contributed by atoms with E-state index in [1.807, 2.05) is 12.1 Å². The third-order valence-electron chi connectivity index (χ3n) is 1.85. The number of pyridine rings is 1. The molecule has 5 heteroatoms. The minimum Gasteiger partial charge on any atom is -0.365 e. The third kappa shape index (κ3) is 2.63. The van der Waals surface area contributed by atoms with Crippen molar-refractivity contribution >= 4 is 17.4 Å². The van der Waals surface area contributed by atoms with Crippen molar-refractivity contribution in [3.8, 4) is 0 Å². The molecule has 0 aromatic carbocycles. The molecule has 0 bridgehead atoms. The van der Waals surface area contributed by atoms with Crippen LogP contribution in [0.2, 0.25) is 5.02 Å². The van der Waals surface area contributed by atoms with Crippen LogP contribution >= 0.6 is 11.6 Å². The van der Waals surface area contributed by atoms with E-state index in [4.69, 9.17) is 11.6 Å². The van der Waals surface area contributed by atoms with Crippen molar-refractivity contribution in [3.05, 3.63) is 47.6 Å². The molecule has 0 aliphatic rings. The van der Waals surface area contributed by atoms with Crippen LogP contribution in [0.3, 0.4) is 0 Å². The van der Waals surface area contributed by atoms with E-state index >= 15 is 0 Å². The average Bonchev–Trinajstić information content (AvgIpc) is 2.29. The Labute approximate surface area is 92.4 Å². The number of halogens is 1. The van der Waals surface area contributed by atoms with Gasteiger partial charge >= 0.3 is 0 Å². The predicted molar refractivity (Wildman–Crippen MR) is 58.6 cm³/mol. The van der Waals surface area contributed by atoms with Gasteiger partial charge in [-0.1, -0.05) is 17.7 Å². The molecule has 0 spiro atoms. The highest BCUT2D eigenvalue weighted by Gasteiger charge is 1.99. The molecule has 4 nitrogen and oxygen atoms in total. The molecule has 15 heavy (non-hydrogen) atoms. The summed E-state index contributed by atoms with van der Waals surface area (Å²) >= 11 is 5.89. The van der Waals surface area contributed by atoms with E-state index < -0.39 is 0 Å². The summed E-state index contributed by atoms with van der Waals surface area (Å²) in [6, 6.07) is 3.87. The van der Waals surface area contributed by atoms with Crippen molar-refractivity contribution in [2.75, 3.05) is 5.32 Å². The Morgan fingerprint density at radius 1 is 1.27 bits per heavy atom. The molecule has 1 N–H and O–H groups in total. The van der Waals surface area contributed by atoms with E-state index in [-0.39, 0.29) is 0 Å². The van der Waals surface area contributed by atoms with Crippen LogP contribution in [-0.2, 0) is 6.54 Å². The Kier molecular flexibility index (Phi) is 3.09. The Balaban J connectivity index is 2.03. The van der Waals surface area contributed by atoms with Gasteiger partial charge < -0.3 is 5.32 Å². The van der Waals surface area contributed by atoms with Crippen molar-refractivity contribution in [2.45, 2.75) is 6.54 Å². The molecule has 0 aliphatic carbocycles. The molecule has 0 fully saturated rings. The largest absolute Gasteiger partial charge is 0.365 e. The van der Waals surface area contributed by atoms with Crippen LogP contribution in [0, 0.1) is 0 Å². The fourth-order valence-electron chi connectivity index (χ4n) is 1.13. The first-order chi connectivity index (χ1) is 7.36. The summed E-state index contributed by atoms with van der Waals surface area (Å²) in [6.07, 6.45) is 6.54. The van der Waals surface area contributed by atoms with Crippen LogP contribution in [-0.4, -0.2) is 15.0 Å². The molecule has 2 aromatic rings. The Bertz CT molecular complexity index is 432. The first-order valence-corrected chi connectivity index (χ1v) is 4.82. The highest BCUT2D eigenvalue weighted by atomic mass is 35.5. The molecule has 0 atom stereocenters. The normalized spacial score (nSPS) is 9.93. The maximum Gasteiger partial charge on any atom is 0.148 e. The van der Waals surface area contributed by atoms with Gasteiger partial charge in [-0.2, -0.15) is 0 Å². The number of rotatable bonds is 3. The number of hydrogen-bond donors (Lipinski definition) is 1. The van der Waals surface area contributed by atoms with E-state index in [1.54, 1.807) is 18.6 Å². The lowest BCUT2D eigenvalue weighted by atomic mass is 10.3. The van der Waals surface area contributed by atoms with Gasteiger partial charge in [0.15, 0.2) is 0 Å². The third-order valence-corrected chi connectivity index (χ3v) is 2.13. The summed E-state index contributed by atoms with van der Waals surface area (Å²) in [4.78, 5) is 11.8. The van der Waals surface area contributed by atoms with E-state index in [0.29, 0.717) is 17.4 Å². The standard InChI is InChI=1S/C10H9ClN4/c11-9-6-13-7-15-10(9)14-5-8-2-1-3-12-4-8/h1-4,6-7H,5H2,(H,13,14,15). The monoisotopic (exact) mass is 220 g/mol. The highest BCUT2D eigenvalue weighted by molar-refractivity contribution is 6.32. The van der Waals surface area contributed by atoms with Gasteiger partial charge in [0.1, 0.15) is 17.2 Å². The van der Waals surface area contributed by atoms with E-state index in [9.17, 15) is 0 Å². The number of hydrogen-bond acceptors (Lipinski definition) is 4. The van der Waals surface area contributed by atoms with Crippen LogP contribution in [0.5, 0.6) is 0 Å². The van der Waals surface area contributed by atoms with Crippen LogP contribution in [0.4, 0.5) is 5.82 Å². The highest BCUT2D eigenvalue weighted by Crippen LogP contribution is 2.16. The molecule has 0 radical (unpaired) electrons. The lowest BCUT2D eigenvalue weighted by Gasteiger charge is -2.05. The van der Waals surface area contributed by atoms with Gasteiger partial charge in [0.25, 0.3) is 0 Å². The minimum absolute atomic E-state index is 0.515. The zero-order chi connectivity index (χ0) is 10.5. The van der Waals surface area contributed by atoms with E-state index in [0.717, 1.165) is 5.56 Å². The van der Waals surface area contributed by atoms with E-state index in [2.05, 4.69) is 20.3 Å². The molecular formula is C10H9ClN4. The van der Waals surface area contributed by atoms with Crippen LogP contribution in [0.1, 0.15) is 5.56 Å². The zero-order valence-electron chi connectivity index (χ0n) is 7.89. The number of aromatic nitrogens is 3. The van der Waals surface area contributed by atoms with Gasteiger partial charge in [-0.3, -0.25) is 4.98 Å². The maximum absolute atomic E-state index is 5.89. The van der Waals surface area contributed by atoms with Gasteiger partial charge in [-0.25, -0.2) is 9.97 Å². The fraction of sp³-hybridized carbons (Fsp3) is 0.100. The summed E-state index contributed by atoms with van der Waals surface area (Å²) in [5, 5.41) is 3.62. The van der Waals surface area contributed by atoms with Gasteiger partial charge in [-0.15, -0.1) is 0 Å². The van der Waals surface area contributed by atoms with Crippen LogP contribution < -0.4 is 5.32 Å². The molecule has 2 aromatic heterocycles. The smallest absolute Gasteiger partial charge is 0.148 e. The molecule has 0 saturated heterocycles. The molecule has 0 amide bonds. The average molecular weight is 221 g/mol. The second-order valence-electron chi connectivity index (χ2n) is 2.93. The quantitative estimate of drug-likeness (QED) is 0.861. The summed E-state index contributed by atoms with van der Waals surface area (Å²) in [7, 11) is 0. The molecule has 76 valence electrons. The topological polar surface area (TPSA) is 50.7 Å². The molecule has 2 heterocycles. The number of nitrogens with zero attached hydrogens (tertiary/aromatic N) is 3. The van der Waals surface area contributed by atoms with Crippen molar-refractivity contribution in [2.24, 2.45) is 0 Å². The Morgan fingerprint density at radius 2 is 2.20 bits per heavy atom. The molecular weight excluding hydrogens is 212 g/mol. The fourth-order valence-corrected chi connectivity index (χ4v) is 1.30. The van der Waals surface area contributed by atoms with Crippen LogP contribution in [0.15, 0.2) is 37.1 Å². The van der Waals surface area contributed by atoms with Gasteiger partial charge in [-0.05, 0) is 11.6 Å². The first-order valence-electron chi connectivity index (χ1n) is 4.44. The van der Waals surface area contributed by atoms with E-state index in [1.165, 1.54) is 6.33 Å². The number of anilines is 1. The maximum atomic E-state index is 5.89. The lowest BCUT2D eigenvalue weighted by molar-refractivity contribution is 1.07. The number of nitrogens with one attached hydrogen (secondary N) is 1. The second-order valence-corrected chi connectivity index (χ2v) is 3.34. The SMILES string of the molecule is Clc1cncnc1NCc1cccnc1. The Morgan fingerprint density at radius 3 is 2.93 bits per heavy atom. The lowest BCUT2D eigenvalue weighted by Crippen LogP contribution is -2.02. The van der Waals surface area contributed by atoms with Crippen molar-refractivity contribution in [1.29, 1.82) is 0 Å². The van der Waals surface area contributed by atoms with Crippen molar-refractivity contribution < 1.29 is 0 Å². The van der Waals surface area contributed by atoms with Gasteiger partial charge in [0, 0.05) is 18.9 Å². The molecule has 2 rings (SSSR count). The van der Waals surface area contributed by atoms with Crippen molar-refractivity contribution in [1.82, 2.24) is 15.0 Å². The predicted octanol–water partition coefficient (Wildman–Crippen LogP) is 2.14. The molecule has 0 saturated carbocycles. The van der Waals surface area contributed by atoms with Crippen molar-refractivity contribution in [3.63, 3.8) is 0 Å². The summed E-state index contributed by atoms with van der Waals surface area (Å²) in [5.41, 5.74) is 1.08. The zero-order valence-corrected chi connectivity index (χ0v) is 8.65. The summed E-state index contributed by atoms with van der Waals surface area (Å²) < 4.78 is 0. The minimum atomic E-state index is 0.515. The second kappa shape index (κ2) is 4.70. The molecule has 0 aliphatic heterocycles. The summed E-state index contributed by atoms with van der Waals surface area (Å²) in [6.45, 7) is 0.643. The van der Waals surface area contributed by atoms with Gasteiger partial charge in [0.2, 0.25) is 0 Å². The Hall–Kier alpha value is -1.68.